The van der Waals surface area contributed by atoms with Crippen LogP contribution in [0.15, 0.2) is 36.4 Å². The maximum absolute atomic E-state index is 12.3. The lowest BCUT2D eigenvalue weighted by molar-refractivity contribution is 0.0241. The van der Waals surface area contributed by atoms with E-state index >= 15 is 0 Å². The van der Waals surface area contributed by atoms with Crippen LogP contribution in [0.25, 0.3) is 0 Å². The van der Waals surface area contributed by atoms with Crippen LogP contribution in [-0.2, 0) is 14.2 Å². The Kier molecular flexibility index (Phi) is 16.1. The number of carbonyl (C=O) groups is 3. The first-order chi connectivity index (χ1) is 21.8. The minimum atomic E-state index is -0.517. The van der Waals surface area contributed by atoms with E-state index in [0.29, 0.717) is 47.3 Å². The van der Waals surface area contributed by atoms with Crippen molar-refractivity contribution >= 4 is 64.0 Å². The van der Waals surface area contributed by atoms with Crippen LogP contribution in [-0.4, -0.2) is 86.4 Å². The smallest absolute Gasteiger partial charge is 0.410 e. The van der Waals surface area contributed by atoms with Crippen LogP contribution >= 0.6 is 23.2 Å². The van der Waals surface area contributed by atoms with Crippen molar-refractivity contribution in [3.63, 3.8) is 0 Å². The van der Waals surface area contributed by atoms with E-state index in [-0.39, 0.29) is 23.4 Å². The quantitative estimate of drug-likeness (QED) is 0.0629. The van der Waals surface area contributed by atoms with Crippen molar-refractivity contribution in [2.45, 2.75) is 64.1 Å². The number of hydrogen-bond donors (Lipinski definition) is 5. The molecule has 2 fully saturated rings. The molecule has 46 heavy (non-hydrogen) atoms. The Hall–Kier alpha value is -3.61. The Morgan fingerprint density at radius 1 is 0.826 bits per heavy atom. The molecule has 2 aliphatic rings. The normalized spacial score (nSPS) is 13.5. The van der Waals surface area contributed by atoms with E-state index in [4.69, 9.17) is 44.1 Å². The van der Waals surface area contributed by atoms with Gasteiger partial charge in [-0.2, -0.15) is 0 Å². The largest absolute Gasteiger partial charge is 0.465 e. The molecule has 14 heteroatoms. The SMILES string of the molecule is COC(=O)c1ccc(N)c(NCCN(C(=O)OC(C)(C)C)C2CC2)c1.COC(=O)c1ccc(N)c(NCCNC2CC2)c1.ClCCl. The number of benzene rings is 2. The molecule has 2 aromatic rings. The number of esters is 2. The number of rotatable bonds is 12. The van der Waals surface area contributed by atoms with Gasteiger partial charge in [-0.25, -0.2) is 14.4 Å². The van der Waals surface area contributed by atoms with Crippen LogP contribution in [0.3, 0.4) is 0 Å². The fourth-order valence-electron chi connectivity index (χ4n) is 4.11. The van der Waals surface area contributed by atoms with Crippen molar-refractivity contribution < 1.29 is 28.6 Å². The summed E-state index contributed by atoms with van der Waals surface area (Å²) in [5, 5.41) is 10.00. The Morgan fingerprint density at radius 3 is 1.72 bits per heavy atom. The van der Waals surface area contributed by atoms with Gasteiger partial charge in [0.05, 0.1) is 53.4 Å². The number of hydrogen-bond acceptors (Lipinski definition) is 11. The molecule has 12 nitrogen and oxygen atoms in total. The van der Waals surface area contributed by atoms with E-state index in [9.17, 15) is 14.4 Å². The van der Waals surface area contributed by atoms with E-state index in [1.807, 2.05) is 20.8 Å². The van der Waals surface area contributed by atoms with E-state index < -0.39 is 11.6 Å². The van der Waals surface area contributed by atoms with Crippen molar-refractivity contribution in [3.05, 3.63) is 47.5 Å². The number of nitrogens with two attached hydrogens (primary N) is 2. The van der Waals surface area contributed by atoms with Gasteiger partial charge in [0.2, 0.25) is 0 Å². The second-order valence-corrected chi connectivity index (χ2v) is 12.5. The van der Waals surface area contributed by atoms with Gasteiger partial charge in [-0.15, -0.1) is 23.2 Å². The predicted octanol–water partition coefficient (Wildman–Crippen LogP) is 5.51. The third-order valence-corrected chi connectivity index (χ3v) is 6.68. The lowest BCUT2D eigenvalue weighted by atomic mass is 10.1. The molecule has 2 aliphatic carbocycles. The number of anilines is 4. The standard InChI is InChI=1S/C18H27N3O4.C13H19N3O2.CH2Cl2/c1-18(2,3)25-17(23)21(13-6-7-13)10-9-20-15-11-12(16(22)24-4)5-8-14(15)19;1-18-13(17)9-2-5-11(14)12(8-9)16-7-6-15-10-3-4-10;2-1-3/h5,8,11,13,20H,6-7,9-10,19H2,1-4H3;2,5,8,10,15-16H,3-4,6-7,14H2,1H3;1H2. The molecule has 1 amide bonds. The zero-order chi connectivity index (χ0) is 34.3. The Labute approximate surface area is 281 Å². The van der Waals surface area contributed by atoms with Crippen molar-refractivity contribution in [2.75, 3.05) is 67.8 Å². The van der Waals surface area contributed by atoms with Crippen molar-refractivity contribution in [3.8, 4) is 0 Å². The van der Waals surface area contributed by atoms with E-state index in [0.717, 1.165) is 31.6 Å². The summed E-state index contributed by atoms with van der Waals surface area (Å²) in [6.45, 7) is 8.25. The summed E-state index contributed by atoms with van der Waals surface area (Å²) in [6.07, 6.45) is 4.26. The molecule has 2 saturated carbocycles. The second kappa shape index (κ2) is 19.1. The molecule has 0 bridgehead atoms. The van der Waals surface area contributed by atoms with Gasteiger partial charge >= 0.3 is 18.0 Å². The predicted molar refractivity (Wildman–Crippen MR) is 185 cm³/mol. The monoisotopic (exact) mass is 682 g/mol. The highest BCUT2D eigenvalue weighted by Gasteiger charge is 2.34. The summed E-state index contributed by atoms with van der Waals surface area (Å²) in [4.78, 5) is 37.1. The molecule has 256 valence electrons. The number of ether oxygens (including phenoxy) is 3. The zero-order valence-electron chi connectivity index (χ0n) is 27.3. The minimum absolute atomic E-state index is 0.194. The summed E-state index contributed by atoms with van der Waals surface area (Å²) in [5.74, 6) is -0.773. The van der Waals surface area contributed by atoms with Crippen LogP contribution < -0.4 is 27.4 Å². The topological polar surface area (TPSA) is 170 Å². The molecule has 0 radical (unpaired) electrons. The average Bonchev–Trinajstić information content (AvgIpc) is 3.94. The number of halogens is 2. The van der Waals surface area contributed by atoms with Crippen LogP contribution in [0.1, 0.15) is 67.2 Å². The molecule has 2 aromatic carbocycles. The van der Waals surface area contributed by atoms with Crippen LogP contribution in [0.5, 0.6) is 0 Å². The summed E-state index contributed by atoms with van der Waals surface area (Å²) >= 11 is 9.53. The molecule has 0 unspecified atom stereocenters. The van der Waals surface area contributed by atoms with Crippen molar-refractivity contribution in [1.82, 2.24) is 10.2 Å². The first-order valence-electron chi connectivity index (χ1n) is 15.1. The maximum atomic E-state index is 12.3. The highest BCUT2D eigenvalue weighted by atomic mass is 35.5. The summed E-state index contributed by atoms with van der Waals surface area (Å²) in [7, 11) is 2.70. The van der Waals surface area contributed by atoms with Gasteiger partial charge in [0, 0.05) is 38.3 Å². The molecule has 7 N–H and O–H groups in total. The lowest BCUT2D eigenvalue weighted by Crippen LogP contribution is -2.40. The van der Waals surface area contributed by atoms with Crippen molar-refractivity contribution in [1.29, 1.82) is 0 Å². The molecular formula is C32H48Cl2N6O6. The average molecular weight is 684 g/mol. The lowest BCUT2D eigenvalue weighted by Gasteiger charge is -2.27. The number of nitrogens with zero attached hydrogens (tertiary/aromatic N) is 1. The molecule has 0 heterocycles. The Balaban J connectivity index is 0.000000308. The van der Waals surface area contributed by atoms with E-state index in [2.05, 4.69) is 20.7 Å². The van der Waals surface area contributed by atoms with Crippen molar-refractivity contribution in [2.24, 2.45) is 0 Å². The van der Waals surface area contributed by atoms with Gasteiger partial charge < -0.3 is 46.5 Å². The minimum Gasteiger partial charge on any atom is -0.465 e. The number of carbonyl (C=O) groups excluding carboxylic acids is 3. The Bertz CT molecular complexity index is 1280. The first kappa shape index (κ1) is 38.6. The van der Waals surface area contributed by atoms with E-state index in [1.165, 1.54) is 27.1 Å². The second-order valence-electron chi connectivity index (χ2n) is 11.7. The third-order valence-electron chi connectivity index (χ3n) is 6.68. The van der Waals surface area contributed by atoms with Crippen LogP contribution in [0.2, 0.25) is 0 Å². The maximum Gasteiger partial charge on any atom is 0.410 e. The molecule has 4 rings (SSSR count). The number of alkyl halides is 2. The highest BCUT2D eigenvalue weighted by molar-refractivity contribution is 6.40. The fourth-order valence-corrected chi connectivity index (χ4v) is 4.11. The zero-order valence-corrected chi connectivity index (χ0v) is 28.8. The first-order valence-corrected chi connectivity index (χ1v) is 16.2. The van der Waals surface area contributed by atoms with Gasteiger partial charge in [-0.05, 0) is 82.9 Å². The summed E-state index contributed by atoms with van der Waals surface area (Å²) < 4.78 is 14.9. The summed E-state index contributed by atoms with van der Waals surface area (Å²) in [6, 6.07) is 11.0. The van der Waals surface area contributed by atoms with Crippen LogP contribution in [0.4, 0.5) is 27.5 Å². The number of nitrogens with one attached hydrogen (secondary N) is 3. The molecule has 0 aliphatic heterocycles. The highest BCUT2D eigenvalue weighted by Crippen LogP contribution is 2.28. The Morgan fingerprint density at radius 2 is 1.30 bits per heavy atom. The van der Waals surface area contributed by atoms with E-state index in [1.54, 1.807) is 41.3 Å². The van der Waals surface area contributed by atoms with Crippen LogP contribution in [0, 0.1) is 0 Å². The molecular weight excluding hydrogens is 635 g/mol. The summed E-state index contributed by atoms with van der Waals surface area (Å²) in [5.41, 5.74) is 14.8. The van der Waals surface area contributed by atoms with Gasteiger partial charge in [-0.1, -0.05) is 0 Å². The fraction of sp³-hybridized carbons (Fsp3) is 0.531. The number of nitrogen functional groups attached to an aromatic ring is 2. The van der Waals surface area contributed by atoms with Gasteiger partial charge in [0.15, 0.2) is 0 Å². The molecule has 0 spiro atoms. The van der Waals surface area contributed by atoms with Gasteiger partial charge in [-0.3, -0.25) is 0 Å². The number of amides is 1. The number of methoxy groups -OCH3 is 2. The third kappa shape index (κ3) is 14.2. The van der Waals surface area contributed by atoms with Gasteiger partial charge in [0.1, 0.15) is 5.60 Å². The molecule has 0 atom stereocenters. The molecule has 0 aromatic heterocycles. The molecule has 0 saturated heterocycles. The van der Waals surface area contributed by atoms with Gasteiger partial charge in [0.25, 0.3) is 0 Å².